The molecule has 0 fully saturated rings. The highest BCUT2D eigenvalue weighted by atomic mass is 32.1. The van der Waals surface area contributed by atoms with Crippen molar-refractivity contribution in [3.05, 3.63) is 35.2 Å². The largest absolute Gasteiger partial charge is 0.380 e. The van der Waals surface area contributed by atoms with Crippen molar-refractivity contribution in [3.63, 3.8) is 0 Å². The lowest BCUT2D eigenvalue weighted by Crippen LogP contribution is -2.19. The van der Waals surface area contributed by atoms with Crippen LogP contribution in [0.4, 0.5) is 0 Å². The molecule has 0 radical (unpaired) electrons. The summed E-state index contributed by atoms with van der Waals surface area (Å²) < 4.78 is 6.97. The van der Waals surface area contributed by atoms with E-state index in [4.69, 9.17) is 4.74 Å². The van der Waals surface area contributed by atoms with Gasteiger partial charge in [-0.05, 0) is 35.4 Å². The molecule has 92 valence electrons. The van der Waals surface area contributed by atoms with Gasteiger partial charge in [0.2, 0.25) is 0 Å². The Morgan fingerprint density at radius 1 is 1.24 bits per heavy atom. The SMILES string of the molecule is CCNCCOCCc1csc2ccccc12. The van der Waals surface area contributed by atoms with Crippen molar-refractivity contribution in [2.24, 2.45) is 0 Å². The minimum atomic E-state index is 0.801. The Hall–Kier alpha value is -0.900. The van der Waals surface area contributed by atoms with E-state index in [1.807, 2.05) is 11.3 Å². The Bertz CT molecular complexity index is 452. The Morgan fingerprint density at radius 2 is 2.12 bits per heavy atom. The predicted molar refractivity (Wildman–Crippen MR) is 74.9 cm³/mol. The molecule has 1 heterocycles. The second-order valence-corrected chi connectivity index (χ2v) is 4.88. The molecule has 2 nitrogen and oxygen atoms in total. The van der Waals surface area contributed by atoms with Gasteiger partial charge in [0.1, 0.15) is 0 Å². The van der Waals surface area contributed by atoms with Gasteiger partial charge in [-0.2, -0.15) is 0 Å². The quantitative estimate of drug-likeness (QED) is 0.761. The minimum Gasteiger partial charge on any atom is -0.380 e. The third-order valence-electron chi connectivity index (χ3n) is 2.75. The lowest BCUT2D eigenvalue weighted by Gasteiger charge is -2.04. The molecule has 3 heteroatoms. The van der Waals surface area contributed by atoms with Crippen LogP contribution in [0, 0.1) is 0 Å². The van der Waals surface area contributed by atoms with Crippen LogP contribution >= 0.6 is 11.3 Å². The second-order valence-electron chi connectivity index (χ2n) is 3.97. The zero-order valence-corrected chi connectivity index (χ0v) is 11.1. The zero-order chi connectivity index (χ0) is 11.9. The highest BCUT2D eigenvalue weighted by Crippen LogP contribution is 2.25. The van der Waals surface area contributed by atoms with Gasteiger partial charge in [-0.1, -0.05) is 25.1 Å². The van der Waals surface area contributed by atoms with E-state index in [1.165, 1.54) is 15.6 Å². The fraction of sp³-hybridized carbons (Fsp3) is 0.429. The van der Waals surface area contributed by atoms with Gasteiger partial charge >= 0.3 is 0 Å². The number of rotatable bonds is 7. The smallest absolute Gasteiger partial charge is 0.0591 e. The van der Waals surface area contributed by atoms with Crippen LogP contribution in [0.5, 0.6) is 0 Å². The van der Waals surface area contributed by atoms with Gasteiger partial charge in [-0.25, -0.2) is 0 Å². The van der Waals surface area contributed by atoms with E-state index in [1.54, 1.807) is 0 Å². The van der Waals surface area contributed by atoms with Crippen molar-refractivity contribution in [1.29, 1.82) is 0 Å². The van der Waals surface area contributed by atoms with Crippen LogP contribution in [-0.4, -0.2) is 26.3 Å². The van der Waals surface area contributed by atoms with Crippen molar-refractivity contribution in [1.82, 2.24) is 5.32 Å². The van der Waals surface area contributed by atoms with E-state index in [0.717, 1.165) is 32.7 Å². The van der Waals surface area contributed by atoms with Crippen LogP contribution in [0.25, 0.3) is 10.1 Å². The van der Waals surface area contributed by atoms with Crippen molar-refractivity contribution in [3.8, 4) is 0 Å². The van der Waals surface area contributed by atoms with E-state index < -0.39 is 0 Å². The van der Waals surface area contributed by atoms with Crippen molar-refractivity contribution in [2.75, 3.05) is 26.3 Å². The summed E-state index contributed by atoms with van der Waals surface area (Å²) in [4.78, 5) is 0. The van der Waals surface area contributed by atoms with Crippen molar-refractivity contribution >= 4 is 21.4 Å². The van der Waals surface area contributed by atoms with Crippen LogP contribution in [-0.2, 0) is 11.2 Å². The highest BCUT2D eigenvalue weighted by molar-refractivity contribution is 7.17. The standard InChI is InChI=1S/C14H19NOS/c1-2-15-8-10-16-9-7-12-11-17-14-6-4-3-5-13(12)14/h3-6,11,15H,2,7-10H2,1H3. The van der Waals surface area contributed by atoms with Crippen molar-refractivity contribution < 1.29 is 4.74 Å². The van der Waals surface area contributed by atoms with E-state index in [9.17, 15) is 0 Å². The van der Waals surface area contributed by atoms with E-state index >= 15 is 0 Å². The normalized spacial score (nSPS) is 11.1. The summed E-state index contributed by atoms with van der Waals surface area (Å²) in [7, 11) is 0. The van der Waals surface area contributed by atoms with Crippen molar-refractivity contribution in [2.45, 2.75) is 13.3 Å². The molecular weight excluding hydrogens is 230 g/mol. The molecule has 1 aromatic carbocycles. The maximum Gasteiger partial charge on any atom is 0.0591 e. The van der Waals surface area contributed by atoms with Crippen LogP contribution < -0.4 is 5.32 Å². The van der Waals surface area contributed by atoms with Crippen LogP contribution in [0.2, 0.25) is 0 Å². The van der Waals surface area contributed by atoms with Gasteiger partial charge in [0.25, 0.3) is 0 Å². The first kappa shape index (κ1) is 12.6. The summed E-state index contributed by atoms with van der Waals surface area (Å²) in [5.74, 6) is 0. The molecule has 2 aromatic rings. The van der Waals surface area contributed by atoms with Gasteiger partial charge in [0.15, 0.2) is 0 Å². The summed E-state index contributed by atoms with van der Waals surface area (Å²) in [6.45, 7) is 5.68. The van der Waals surface area contributed by atoms with E-state index in [-0.39, 0.29) is 0 Å². The first-order valence-corrected chi connectivity index (χ1v) is 7.03. The second kappa shape index (κ2) is 6.74. The predicted octanol–water partition coefficient (Wildman–Crippen LogP) is 3.07. The molecule has 0 spiro atoms. The van der Waals surface area contributed by atoms with Gasteiger partial charge in [0.05, 0.1) is 13.2 Å². The number of fused-ring (bicyclic) bond motifs is 1. The van der Waals surface area contributed by atoms with Crippen LogP contribution in [0.3, 0.4) is 0 Å². The number of ether oxygens (including phenoxy) is 1. The number of likely N-dealkylation sites (N-methyl/N-ethyl adjacent to an activating group) is 1. The zero-order valence-electron chi connectivity index (χ0n) is 10.2. The number of nitrogens with one attached hydrogen (secondary N) is 1. The molecule has 1 aromatic heterocycles. The minimum absolute atomic E-state index is 0.801. The molecule has 1 N–H and O–H groups in total. The Labute approximate surface area is 107 Å². The molecule has 2 rings (SSSR count). The van der Waals surface area contributed by atoms with Crippen LogP contribution in [0.1, 0.15) is 12.5 Å². The van der Waals surface area contributed by atoms with Gasteiger partial charge < -0.3 is 10.1 Å². The molecule has 0 bridgehead atoms. The third kappa shape index (κ3) is 3.53. The lowest BCUT2D eigenvalue weighted by atomic mass is 10.1. The highest BCUT2D eigenvalue weighted by Gasteiger charge is 2.02. The number of thiophene rings is 1. The number of hydrogen-bond donors (Lipinski definition) is 1. The summed E-state index contributed by atoms with van der Waals surface area (Å²) in [5.41, 5.74) is 1.41. The third-order valence-corrected chi connectivity index (χ3v) is 3.76. The summed E-state index contributed by atoms with van der Waals surface area (Å²) in [6.07, 6.45) is 1.01. The molecule has 0 saturated carbocycles. The Balaban J connectivity index is 1.79. The summed E-state index contributed by atoms with van der Waals surface area (Å²) >= 11 is 1.82. The molecule has 0 amide bonds. The summed E-state index contributed by atoms with van der Waals surface area (Å²) in [5, 5.41) is 6.88. The maximum atomic E-state index is 5.60. The monoisotopic (exact) mass is 249 g/mol. The molecule has 0 aliphatic carbocycles. The van der Waals surface area contributed by atoms with E-state index in [0.29, 0.717) is 0 Å². The Kier molecular flexibility index (Phi) is 4.98. The number of benzene rings is 1. The number of hydrogen-bond acceptors (Lipinski definition) is 3. The maximum absolute atomic E-state index is 5.60. The topological polar surface area (TPSA) is 21.3 Å². The summed E-state index contributed by atoms with van der Waals surface area (Å²) in [6, 6.07) is 8.56. The first-order chi connectivity index (χ1) is 8.42. The molecular formula is C14H19NOS. The average molecular weight is 249 g/mol. The molecule has 0 unspecified atom stereocenters. The Morgan fingerprint density at radius 3 is 3.00 bits per heavy atom. The van der Waals surface area contributed by atoms with Gasteiger partial charge in [-0.15, -0.1) is 11.3 Å². The van der Waals surface area contributed by atoms with Crippen LogP contribution in [0.15, 0.2) is 29.6 Å². The first-order valence-electron chi connectivity index (χ1n) is 6.15. The van der Waals surface area contributed by atoms with Gasteiger partial charge in [-0.3, -0.25) is 0 Å². The molecule has 0 aliphatic heterocycles. The average Bonchev–Trinajstić information content (AvgIpc) is 2.77. The fourth-order valence-electron chi connectivity index (χ4n) is 1.83. The van der Waals surface area contributed by atoms with E-state index in [2.05, 4.69) is 41.9 Å². The van der Waals surface area contributed by atoms with Gasteiger partial charge in [0, 0.05) is 11.2 Å². The lowest BCUT2D eigenvalue weighted by molar-refractivity contribution is 0.139. The molecule has 0 saturated heterocycles. The molecule has 0 aliphatic rings. The molecule has 0 atom stereocenters. The fourth-order valence-corrected chi connectivity index (χ4v) is 2.83. The molecule has 17 heavy (non-hydrogen) atoms.